The standard InChI is InChI=1S/C9H5FN2OS/c10-6-3-11-9(12-4-6)8-2-1-7(5-13)14-8/h1-5H. The van der Waals surface area contributed by atoms with E-state index in [-0.39, 0.29) is 0 Å². The summed E-state index contributed by atoms with van der Waals surface area (Å²) in [5.41, 5.74) is 0. The zero-order valence-electron chi connectivity index (χ0n) is 6.98. The first-order chi connectivity index (χ1) is 6.79. The van der Waals surface area contributed by atoms with Crippen molar-refractivity contribution in [1.29, 1.82) is 0 Å². The quantitative estimate of drug-likeness (QED) is 0.710. The summed E-state index contributed by atoms with van der Waals surface area (Å²) in [4.78, 5) is 19.4. The van der Waals surface area contributed by atoms with Gasteiger partial charge >= 0.3 is 0 Å². The van der Waals surface area contributed by atoms with E-state index in [0.717, 1.165) is 23.6 Å². The zero-order chi connectivity index (χ0) is 9.97. The van der Waals surface area contributed by atoms with Crippen LogP contribution in [-0.4, -0.2) is 16.3 Å². The summed E-state index contributed by atoms with van der Waals surface area (Å²) in [7, 11) is 0. The number of halogens is 1. The third-order valence-electron chi connectivity index (χ3n) is 1.58. The fourth-order valence-corrected chi connectivity index (χ4v) is 1.75. The molecule has 0 radical (unpaired) electrons. The highest BCUT2D eigenvalue weighted by Gasteiger charge is 2.04. The van der Waals surface area contributed by atoms with Crippen LogP contribution in [0.15, 0.2) is 24.5 Å². The largest absolute Gasteiger partial charge is 0.297 e. The lowest BCUT2D eigenvalue weighted by molar-refractivity contribution is 0.112. The van der Waals surface area contributed by atoms with Gasteiger partial charge in [-0.05, 0) is 12.1 Å². The first kappa shape index (κ1) is 8.96. The van der Waals surface area contributed by atoms with Crippen molar-refractivity contribution in [3.8, 4) is 10.7 Å². The Morgan fingerprint density at radius 3 is 2.57 bits per heavy atom. The third-order valence-corrected chi connectivity index (χ3v) is 2.59. The monoisotopic (exact) mass is 208 g/mol. The minimum absolute atomic E-state index is 0.435. The number of thiophene rings is 1. The number of aromatic nitrogens is 2. The fraction of sp³-hybridized carbons (Fsp3) is 0. The van der Waals surface area contributed by atoms with Crippen LogP contribution in [0.25, 0.3) is 10.7 Å². The van der Waals surface area contributed by atoms with Crippen LogP contribution in [0.4, 0.5) is 4.39 Å². The summed E-state index contributed by atoms with van der Waals surface area (Å²) in [5.74, 6) is -0.0367. The Hall–Kier alpha value is -1.62. The van der Waals surface area contributed by atoms with E-state index >= 15 is 0 Å². The van der Waals surface area contributed by atoms with Crippen molar-refractivity contribution in [2.24, 2.45) is 0 Å². The number of carbonyl (C=O) groups excluding carboxylic acids is 1. The molecule has 70 valence electrons. The first-order valence-corrected chi connectivity index (χ1v) is 4.64. The maximum absolute atomic E-state index is 12.5. The van der Waals surface area contributed by atoms with Gasteiger partial charge in [-0.2, -0.15) is 0 Å². The molecule has 0 N–H and O–H groups in total. The molecule has 2 heterocycles. The topological polar surface area (TPSA) is 42.9 Å². The van der Waals surface area contributed by atoms with Crippen LogP contribution in [0.3, 0.4) is 0 Å². The molecule has 0 saturated heterocycles. The van der Waals surface area contributed by atoms with Gasteiger partial charge in [0.05, 0.1) is 22.1 Å². The molecule has 0 bridgehead atoms. The molecule has 0 unspecified atom stereocenters. The summed E-state index contributed by atoms with van der Waals surface area (Å²) >= 11 is 1.28. The molecule has 0 saturated carbocycles. The van der Waals surface area contributed by atoms with Gasteiger partial charge in [-0.1, -0.05) is 0 Å². The minimum Gasteiger partial charge on any atom is -0.297 e. The number of hydrogen-bond acceptors (Lipinski definition) is 4. The average Bonchev–Trinajstić information content (AvgIpc) is 2.67. The van der Waals surface area contributed by atoms with E-state index < -0.39 is 5.82 Å². The van der Waals surface area contributed by atoms with Crippen LogP contribution in [-0.2, 0) is 0 Å². The highest BCUT2D eigenvalue weighted by molar-refractivity contribution is 7.16. The van der Waals surface area contributed by atoms with E-state index in [9.17, 15) is 9.18 Å². The second-order valence-corrected chi connectivity index (χ2v) is 3.66. The predicted molar refractivity (Wildman–Crippen MR) is 50.7 cm³/mol. The van der Waals surface area contributed by atoms with Crippen molar-refractivity contribution >= 4 is 17.6 Å². The Morgan fingerprint density at radius 2 is 2.00 bits per heavy atom. The van der Waals surface area contributed by atoms with Gasteiger partial charge < -0.3 is 0 Å². The molecule has 2 aromatic heterocycles. The molecule has 0 aliphatic heterocycles. The van der Waals surface area contributed by atoms with Gasteiger partial charge in [0.25, 0.3) is 0 Å². The molecule has 0 atom stereocenters. The van der Waals surface area contributed by atoms with Crippen LogP contribution in [0.2, 0.25) is 0 Å². The number of nitrogens with zero attached hydrogens (tertiary/aromatic N) is 2. The Labute approximate surface area is 83.3 Å². The van der Waals surface area contributed by atoms with Gasteiger partial charge in [0.1, 0.15) is 0 Å². The Balaban J connectivity index is 2.39. The molecule has 3 nitrogen and oxygen atoms in total. The predicted octanol–water partition coefficient (Wildman–Crippen LogP) is 2.16. The molecule has 0 aliphatic rings. The van der Waals surface area contributed by atoms with Gasteiger partial charge in [-0.25, -0.2) is 14.4 Å². The lowest BCUT2D eigenvalue weighted by atomic mass is 10.4. The SMILES string of the molecule is O=Cc1ccc(-c2ncc(F)cn2)s1. The number of hydrogen-bond donors (Lipinski definition) is 0. The molecule has 5 heteroatoms. The second kappa shape index (κ2) is 3.63. The Kier molecular flexibility index (Phi) is 2.32. The molecular weight excluding hydrogens is 203 g/mol. The van der Waals surface area contributed by atoms with Crippen molar-refractivity contribution in [3.63, 3.8) is 0 Å². The summed E-state index contributed by atoms with van der Waals surface area (Å²) in [6.45, 7) is 0. The van der Waals surface area contributed by atoms with E-state index in [1.807, 2.05) is 0 Å². The Morgan fingerprint density at radius 1 is 1.29 bits per heavy atom. The highest BCUT2D eigenvalue weighted by Crippen LogP contribution is 2.23. The number of aldehydes is 1. The van der Waals surface area contributed by atoms with Crippen molar-refractivity contribution in [2.75, 3.05) is 0 Å². The van der Waals surface area contributed by atoms with Crippen molar-refractivity contribution in [1.82, 2.24) is 9.97 Å². The van der Waals surface area contributed by atoms with Crippen molar-refractivity contribution < 1.29 is 9.18 Å². The van der Waals surface area contributed by atoms with Crippen LogP contribution in [0.5, 0.6) is 0 Å². The minimum atomic E-state index is -0.471. The normalized spacial score (nSPS) is 10.1. The number of carbonyl (C=O) groups is 1. The van der Waals surface area contributed by atoms with Crippen LogP contribution >= 0.6 is 11.3 Å². The van der Waals surface area contributed by atoms with Crippen LogP contribution < -0.4 is 0 Å². The fourth-order valence-electron chi connectivity index (χ4n) is 0.976. The molecule has 0 fully saturated rings. The molecule has 14 heavy (non-hydrogen) atoms. The lowest BCUT2D eigenvalue weighted by Crippen LogP contribution is -1.86. The van der Waals surface area contributed by atoms with E-state index in [1.165, 1.54) is 11.3 Å². The highest BCUT2D eigenvalue weighted by atomic mass is 32.1. The van der Waals surface area contributed by atoms with E-state index in [1.54, 1.807) is 12.1 Å². The maximum atomic E-state index is 12.5. The molecular formula is C9H5FN2OS. The van der Waals surface area contributed by atoms with E-state index in [0.29, 0.717) is 10.7 Å². The van der Waals surface area contributed by atoms with Gasteiger partial charge in [0.15, 0.2) is 17.9 Å². The van der Waals surface area contributed by atoms with Gasteiger partial charge in [0, 0.05) is 0 Å². The molecule has 0 aromatic carbocycles. The molecule has 0 aliphatic carbocycles. The molecule has 0 amide bonds. The summed E-state index contributed by atoms with van der Waals surface area (Å²) in [6.07, 6.45) is 2.96. The lowest BCUT2D eigenvalue weighted by Gasteiger charge is -1.93. The summed E-state index contributed by atoms with van der Waals surface area (Å²) < 4.78 is 12.5. The second-order valence-electron chi connectivity index (χ2n) is 2.54. The average molecular weight is 208 g/mol. The molecule has 2 aromatic rings. The molecule has 0 spiro atoms. The van der Waals surface area contributed by atoms with E-state index in [4.69, 9.17) is 0 Å². The first-order valence-electron chi connectivity index (χ1n) is 3.82. The summed E-state index contributed by atoms with van der Waals surface area (Å²) in [5, 5.41) is 0. The van der Waals surface area contributed by atoms with Gasteiger partial charge in [-0.15, -0.1) is 11.3 Å². The van der Waals surface area contributed by atoms with Crippen LogP contribution in [0, 0.1) is 5.82 Å². The number of rotatable bonds is 2. The maximum Gasteiger partial charge on any atom is 0.169 e. The Bertz CT molecular complexity index is 452. The molecule has 2 rings (SSSR count). The van der Waals surface area contributed by atoms with Gasteiger partial charge in [-0.3, -0.25) is 4.79 Å². The smallest absolute Gasteiger partial charge is 0.169 e. The van der Waals surface area contributed by atoms with E-state index in [2.05, 4.69) is 9.97 Å². The van der Waals surface area contributed by atoms with Gasteiger partial charge in [0.2, 0.25) is 0 Å². The van der Waals surface area contributed by atoms with Crippen molar-refractivity contribution in [3.05, 3.63) is 35.2 Å². The third kappa shape index (κ3) is 1.67. The zero-order valence-corrected chi connectivity index (χ0v) is 7.79. The van der Waals surface area contributed by atoms with Crippen LogP contribution in [0.1, 0.15) is 9.67 Å². The summed E-state index contributed by atoms with van der Waals surface area (Å²) in [6, 6.07) is 3.42. The van der Waals surface area contributed by atoms with Crippen molar-refractivity contribution in [2.45, 2.75) is 0 Å².